The lowest BCUT2D eigenvalue weighted by Crippen LogP contribution is -1.58. The van der Waals surface area contributed by atoms with E-state index < -0.39 is 0 Å². The normalized spacial score (nSPS) is 13.3. The van der Waals surface area contributed by atoms with Crippen molar-refractivity contribution in [2.45, 2.75) is 13.8 Å². The van der Waals surface area contributed by atoms with Crippen LogP contribution in [-0.4, -0.2) is 0 Å². The van der Waals surface area contributed by atoms with Gasteiger partial charge in [-0.05, 0) is 24.8 Å². The minimum atomic E-state index is 1.19. The van der Waals surface area contributed by atoms with Crippen LogP contribution in [0.5, 0.6) is 0 Å². The van der Waals surface area contributed by atoms with Crippen LogP contribution >= 0.6 is 12.6 Å². The first kappa shape index (κ1) is 6.83. The summed E-state index contributed by atoms with van der Waals surface area (Å²) in [7, 11) is 0. The van der Waals surface area contributed by atoms with Gasteiger partial charge in [0, 0.05) is 0 Å². The van der Waals surface area contributed by atoms with Crippen molar-refractivity contribution in [3.8, 4) is 0 Å². The molecule has 0 saturated heterocycles. The summed E-state index contributed by atoms with van der Waals surface area (Å²) >= 11 is 3.94. The van der Waals surface area contributed by atoms with Gasteiger partial charge in [-0.2, -0.15) is 12.6 Å². The van der Waals surface area contributed by atoms with Crippen LogP contribution in [-0.2, 0) is 0 Å². The molecule has 0 fully saturated rings. The van der Waals surface area contributed by atoms with Crippen molar-refractivity contribution < 1.29 is 0 Å². The molecule has 0 aromatic carbocycles. The van der Waals surface area contributed by atoms with Crippen LogP contribution in [0, 0.1) is 0 Å². The lowest BCUT2D eigenvalue weighted by atomic mass is 10.3. The van der Waals surface area contributed by atoms with Crippen LogP contribution in [0.25, 0.3) is 0 Å². The Labute approximate surface area is 50.3 Å². The van der Waals surface area contributed by atoms with Gasteiger partial charge in [0.25, 0.3) is 0 Å². The molecule has 0 radical (unpaired) electrons. The third kappa shape index (κ3) is 3.67. The Morgan fingerprint density at radius 1 is 1.57 bits per heavy atom. The van der Waals surface area contributed by atoms with Crippen LogP contribution in [0.1, 0.15) is 13.8 Å². The molecule has 0 aromatic rings. The molecule has 7 heavy (non-hydrogen) atoms. The third-order valence-electron chi connectivity index (χ3n) is 0.633. The van der Waals surface area contributed by atoms with Crippen LogP contribution in [0.15, 0.2) is 23.1 Å². The van der Waals surface area contributed by atoms with Crippen LogP contribution in [0.3, 0.4) is 0 Å². The molecule has 0 aromatic heterocycles. The molecule has 0 spiro atoms. The fourth-order valence-electron chi connectivity index (χ4n) is 0.306. The van der Waals surface area contributed by atoms with Crippen LogP contribution in [0.4, 0.5) is 0 Å². The van der Waals surface area contributed by atoms with Crippen molar-refractivity contribution in [1.29, 1.82) is 0 Å². The molecule has 0 heterocycles. The maximum Gasteiger partial charge on any atom is -0.0295 e. The summed E-state index contributed by atoms with van der Waals surface area (Å²) < 4.78 is 0. The van der Waals surface area contributed by atoms with E-state index in [1.54, 1.807) is 5.41 Å². The van der Waals surface area contributed by atoms with E-state index in [1.165, 1.54) is 5.57 Å². The summed E-state index contributed by atoms with van der Waals surface area (Å²) in [5.74, 6) is 0. The van der Waals surface area contributed by atoms with E-state index >= 15 is 0 Å². The van der Waals surface area contributed by atoms with Crippen molar-refractivity contribution in [2.75, 3.05) is 0 Å². The molecule has 0 aliphatic rings. The van der Waals surface area contributed by atoms with Gasteiger partial charge in [-0.15, -0.1) is 0 Å². The first-order chi connectivity index (χ1) is 3.31. The maximum absolute atomic E-state index is 3.94. The average Bonchev–Trinajstić information content (AvgIpc) is 1.68. The summed E-state index contributed by atoms with van der Waals surface area (Å²) in [5.41, 5.74) is 1.19. The molecule has 0 aliphatic heterocycles. The van der Waals surface area contributed by atoms with Gasteiger partial charge in [-0.3, -0.25) is 0 Å². The van der Waals surface area contributed by atoms with E-state index in [-0.39, 0.29) is 0 Å². The van der Waals surface area contributed by atoms with E-state index in [2.05, 4.69) is 12.6 Å². The Morgan fingerprint density at radius 2 is 2.14 bits per heavy atom. The largest absolute Gasteiger partial charge is 0.151 e. The van der Waals surface area contributed by atoms with Crippen molar-refractivity contribution >= 4 is 12.6 Å². The zero-order valence-corrected chi connectivity index (χ0v) is 5.57. The van der Waals surface area contributed by atoms with Gasteiger partial charge in [0.2, 0.25) is 0 Å². The quantitative estimate of drug-likeness (QED) is 0.393. The molecular weight excluding hydrogens is 104 g/mol. The fourth-order valence-corrected chi connectivity index (χ4v) is 0.392. The topological polar surface area (TPSA) is 0 Å². The Morgan fingerprint density at radius 3 is 2.29 bits per heavy atom. The smallest absolute Gasteiger partial charge is 0.0295 e. The number of allylic oxidation sites excluding steroid dienone is 3. The summed E-state index contributed by atoms with van der Waals surface area (Å²) in [6, 6.07) is 0. The highest BCUT2D eigenvalue weighted by Gasteiger charge is 1.70. The van der Waals surface area contributed by atoms with Crippen molar-refractivity contribution in [3.63, 3.8) is 0 Å². The number of rotatable bonds is 1. The second-order valence-electron chi connectivity index (χ2n) is 1.37. The van der Waals surface area contributed by atoms with Gasteiger partial charge in [0.05, 0.1) is 0 Å². The summed E-state index contributed by atoms with van der Waals surface area (Å²) in [6.07, 6.45) is 4.00. The lowest BCUT2D eigenvalue weighted by Gasteiger charge is -1.80. The van der Waals surface area contributed by atoms with Gasteiger partial charge in [-0.1, -0.05) is 12.2 Å². The molecule has 1 heteroatoms. The molecule has 0 N–H and O–H groups in total. The molecular formula is C6H10S. The molecule has 0 saturated carbocycles. The second-order valence-corrected chi connectivity index (χ2v) is 1.63. The highest BCUT2D eigenvalue weighted by Crippen LogP contribution is 1.94. The fraction of sp³-hybridized carbons (Fsp3) is 0.333. The van der Waals surface area contributed by atoms with E-state index in [0.717, 1.165) is 0 Å². The molecule has 0 nitrogen and oxygen atoms in total. The number of hydrogen-bond acceptors (Lipinski definition) is 1. The Bertz CT molecular complexity index is 90.4. The van der Waals surface area contributed by atoms with E-state index in [0.29, 0.717) is 0 Å². The average molecular weight is 114 g/mol. The van der Waals surface area contributed by atoms with Crippen molar-refractivity contribution in [1.82, 2.24) is 0 Å². The zero-order chi connectivity index (χ0) is 5.70. The number of hydrogen-bond donors (Lipinski definition) is 1. The van der Waals surface area contributed by atoms with Gasteiger partial charge < -0.3 is 0 Å². The van der Waals surface area contributed by atoms with Crippen molar-refractivity contribution in [3.05, 3.63) is 23.1 Å². The predicted octanol–water partition coefficient (Wildman–Crippen LogP) is 2.40. The Kier molecular flexibility index (Phi) is 3.90. The second kappa shape index (κ2) is 4.00. The molecule has 0 atom stereocenters. The summed E-state index contributed by atoms with van der Waals surface area (Å²) in [5, 5.41) is 1.78. The SMILES string of the molecule is C/C=C/C(C)=C\S. The molecule has 0 bridgehead atoms. The minimum absolute atomic E-state index is 1.19. The van der Waals surface area contributed by atoms with Gasteiger partial charge in [0.15, 0.2) is 0 Å². The summed E-state index contributed by atoms with van der Waals surface area (Å²) in [6.45, 7) is 3.99. The lowest BCUT2D eigenvalue weighted by molar-refractivity contribution is 1.53. The molecule has 0 rings (SSSR count). The van der Waals surface area contributed by atoms with E-state index in [4.69, 9.17) is 0 Å². The predicted molar refractivity (Wildman–Crippen MR) is 37.6 cm³/mol. The van der Waals surface area contributed by atoms with E-state index in [1.807, 2.05) is 26.0 Å². The van der Waals surface area contributed by atoms with Crippen molar-refractivity contribution in [2.24, 2.45) is 0 Å². The number of thiol groups is 1. The van der Waals surface area contributed by atoms with Gasteiger partial charge in [-0.25, -0.2) is 0 Å². The summed E-state index contributed by atoms with van der Waals surface area (Å²) in [4.78, 5) is 0. The van der Waals surface area contributed by atoms with Crippen LogP contribution in [0.2, 0.25) is 0 Å². The third-order valence-corrected chi connectivity index (χ3v) is 1.04. The first-order valence-electron chi connectivity index (χ1n) is 2.25. The van der Waals surface area contributed by atoms with Gasteiger partial charge in [0.1, 0.15) is 0 Å². The first-order valence-corrected chi connectivity index (χ1v) is 2.76. The Hall–Kier alpha value is -0.170. The molecule has 40 valence electrons. The minimum Gasteiger partial charge on any atom is -0.151 e. The molecule has 0 unspecified atom stereocenters. The highest BCUT2D eigenvalue weighted by molar-refractivity contribution is 7.83. The Balaban J connectivity index is 3.58. The van der Waals surface area contributed by atoms with Crippen LogP contribution < -0.4 is 0 Å². The standard InChI is InChI=1S/C6H10S/c1-3-4-6(2)5-7/h3-5,7H,1-2H3/b4-3+,6-5-. The zero-order valence-electron chi connectivity index (χ0n) is 4.68. The highest BCUT2D eigenvalue weighted by atomic mass is 32.1. The molecule has 0 aliphatic carbocycles. The molecule has 0 amide bonds. The monoisotopic (exact) mass is 114 g/mol. The van der Waals surface area contributed by atoms with Gasteiger partial charge >= 0.3 is 0 Å². The van der Waals surface area contributed by atoms with E-state index in [9.17, 15) is 0 Å². The maximum atomic E-state index is 3.94.